The molecule has 0 bridgehead atoms. The predicted octanol–water partition coefficient (Wildman–Crippen LogP) is 4.28. The minimum Gasteiger partial charge on any atom is -0.352 e. The van der Waals surface area contributed by atoms with Gasteiger partial charge < -0.3 is 10.2 Å². The van der Waals surface area contributed by atoms with Gasteiger partial charge in [-0.25, -0.2) is 4.39 Å². The highest BCUT2D eigenvalue weighted by Gasteiger charge is 2.30. The highest BCUT2D eigenvalue weighted by Crippen LogP contribution is 2.19. The molecule has 160 valence electrons. The molecule has 0 radical (unpaired) electrons. The van der Waals surface area contributed by atoms with E-state index in [1.54, 1.807) is 23.1 Å². The number of nitrogens with zero attached hydrogens (tertiary/aromatic N) is 1. The largest absolute Gasteiger partial charge is 0.352 e. The Labute approximate surface area is 178 Å². The van der Waals surface area contributed by atoms with Crippen LogP contribution in [0.1, 0.15) is 50.2 Å². The summed E-state index contributed by atoms with van der Waals surface area (Å²) in [6, 6.07) is 15.9. The molecule has 1 aliphatic rings. The van der Waals surface area contributed by atoms with Gasteiger partial charge in [-0.15, -0.1) is 0 Å². The van der Waals surface area contributed by atoms with Gasteiger partial charge in [0.1, 0.15) is 11.9 Å². The van der Waals surface area contributed by atoms with Crippen molar-refractivity contribution in [3.63, 3.8) is 0 Å². The third-order valence-electron chi connectivity index (χ3n) is 5.87. The lowest BCUT2D eigenvalue weighted by Gasteiger charge is -2.31. The first-order chi connectivity index (χ1) is 14.6. The fourth-order valence-electron chi connectivity index (χ4n) is 4.17. The van der Waals surface area contributed by atoms with Gasteiger partial charge in [0.2, 0.25) is 11.8 Å². The second-order valence-electron chi connectivity index (χ2n) is 8.00. The molecule has 1 unspecified atom stereocenters. The molecule has 1 saturated carbocycles. The van der Waals surface area contributed by atoms with Crippen LogP contribution in [0.25, 0.3) is 0 Å². The molecule has 0 aliphatic heterocycles. The zero-order valence-electron chi connectivity index (χ0n) is 17.6. The molecule has 0 heterocycles. The molecule has 2 aromatic rings. The summed E-state index contributed by atoms with van der Waals surface area (Å²) < 4.78 is 14.1. The molecule has 3 rings (SSSR count). The van der Waals surface area contributed by atoms with Crippen molar-refractivity contribution in [1.29, 1.82) is 0 Å². The summed E-state index contributed by atoms with van der Waals surface area (Å²) in [6.45, 7) is 2.35. The van der Waals surface area contributed by atoms with Crippen molar-refractivity contribution in [2.24, 2.45) is 0 Å². The quantitative estimate of drug-likeness (QED) is 0.671. The smallest absolute Gasteiger partial charge is 0.243 e. The Morgan fingerprint density at radius 3 is 2.40 bits per heavy atom. The van der Waals surface area contributed by atoms with Gasteiger partial charge in [-0.05, 0) is 42.9 Å². The second-order valence-corrected chi connectivity index (χ2v) is 8.00. The molecule has 1 fully saturated rings. The van der Waals surface area contributed by atoms with E-state index >= 15 is 0 Å². The van der Waals surface area contributed by atoms with Crippen molar-refractivity contribution in [2.45, 2.75) is 64.0 Å². The molecule has 4 nitrogen and oxygen atoms in total. The lowest BCUT2D eigenvalue weighted by molar-refractivity contribution is -0.140. The minimum atomic E-state index is -0.548. The SMILES string of the molecule is CCC(C(=O)NC1CCCC1)N(CCc1ccccc1)C(=O)Cc1ccccc1F. The normalized spacial score (nSPS) is 15.0. The molecule has 0 spiro atoms. The fourth-order valence-corrected chi connectivity index (χ4v) is 4.17. The molecular formula is C25H31FN2O2. The van der Waals surface area contributed by atoms with Crippen molar-refractivity contribution in [2.75, 3.05) is 6.54 Å². The fraction of sp³-hybridized carbons (Fsp3) is 0.440. The monoisotopic (exact) mass is 410 g/mol. The maximum absolute atomic E-state index is 14.1. The van der Waals surface area contributed by atoms with Crippen LogP contribution in [-0.2, 0) is 22.4 Å². The van der Waals surface area contributed by atoms with E-state index in [1.807, 2.05) is 37.3 Å². The molecule has 2 amide bonds. The molecule has 1 atom stereocenters. The van der Waals surface area contributed by atoms with Gasteiger partial charge in [0.05, 0.1) is 6.42 Å². The van der Waals surface area contributed by atoms with Gasteiger partial charge >= 0.3 is 0 Å². The van der Waals surface area contributed by atoms with Gasteiger partial charge in [-0.1, -0.05) is 68.3 Å². The van der Waals surface area contributed by atoms with E-state index in [0.29, 0.717) is 24.9 Å². The number of rotatable bonds is 9. The Hall–Kier alpha value is -2.69. The lowest BCUT2D eigenvalue weighted by atomic mass is 10.1. The van der Waals surface area contributed by atoms with Crippen LogP contribution in [-0.4, -0.2) is 35.3 Å². The number of hydrogen-bond donors (Lipinski definition) is 1. The number of carbonyl (C=O) groups is 2. The summed E-state index contributed by atoms with van der Waals surface area (Å²) in [5.41, 5.74) is 1.46. The first-order valence-electron chi connectivity index (χ1n) is 11.0. The lowest BCUT2D eigenvalue weighted by Crippen LogP contribution is -2.52. The average Bonchev–Trinajstić information content (AvgIpc) is 3.26. The van der Waals surface area contributed by atoms with Gasteiger partial charge in [-0.3, -0.25) is 9.59 Å². The van der Waals surface area contributed by atoms with Crippen LogP contribution in [0.4, 0.5) is 4.39 Å². The molecule has 1 aliphatic carbocycles. The Kier molecular flexibility index (Phi) is 8.00. The number of nitrogens with one attached hydrogen (secondary N) is 1. The summed E-state index contributed by atoms with van der Waals surface area (Å²) in [6.07, 6.45) is 5.38. The summed E-state index contributed by atoms with van der Waals surface area (Å²) in [7, 11) is 0. The van der Waals surface area contributed by atoms with Crippen molar-refractivity contribution < 1.29 is 14.0 Å². The summed E-state index contributed by atoms with van der Waals surface area (Å²) >= 11 is 0. The van der Waals surface area contributed by atoms with Gasteiger partial charge in [0, 0.05) is 12.6 Å². The van der Waals surface area contributed by atoms with E-state index in [4.69, 9.17) is 0 Å². The molecular weight excluding hydrogens is 379 g/mol. The van der Waals surface area contributed by atoms with Crippen LogP contribution in [0.2, 0.25) is 0 Å². The van der Waals surface area contributed by atoms with Crippen molar-refractivity contribution in [3.05, 3.63) is 71.5 Å². The van der Waals surface area contributed by atoms with Crippen LogP contribution >= 0.6 is 0 Å². The number of hydrogen-bond acceptors (Lipinski definition) is 2. The maximum Gasteiger partial charge on any atom is 0.243 e. The van der Waals surface area contributed by atoms with Crippen LogP contribution in [0.15, 0.2) is 54.6 Å². The van der Waals surface area contributed by atoms with Crippen LogP contribution in [0.5, 0.6) is 0 Å². The molecule has 5 heteroatoms. The zero-order chi connectivity index (χ0) is 21.3. The number of amides is 2. The predicted molar refractivity (Wildman–Crippen MR) is 116 cm³/mol. The van der Waals surface area contributed by atoms with E-state index in [2.05, 4.69) is 5.32 Å². The van der Waals surface area contributed by atoms with E-state index in [0.717, 1.165) is 31.2 Å². The third kappa shape index (κ3) is 5.91. The Morgan fingerprint density at radius 1 is 1.07 bits per heavy atom. The zero-order valence-corrected chi connectivity index (χ0v) is 17.6. The van der Waals surface area contributed by atoms with Gasteiger partial charge in [0.15, 0.2) is 0 Å². The van der Waals surface area contributed by atoms with E-state index in [-0.39, 0.29) is 24.3 Å². The number of benzene rings is 2. The Bertz CT molecular complexity index is 834. The highest BCUT2D eigenvalue weighted by atomic mass is 19.1. The summed E-state index contributed by atoms with van der Waals surface area (Å²) in [4.78, 5) is 27.9. The number of halogens is 1. The van der Waals surface area contributed by atoms with E-state index in [9.17, 15) is 14.0 Å². The summed E-state index contributed by atoms with van der Waals surface area (Å²) in [5.74, 6) is -0.707. The first-order valence-corrected chi connectivity index (χ1v) is 11.0. The Morgan fingerprint density at radius 2 is 1.73 bits per heavy atom. The standard InChI is InChI=1S/C25H31FN2O2/c1-2-23(25(30)27-21-13-7-8-14-21)28(17-16-19-10-4-3-5-11-19)24(29)18-20-12-6-9-15-22(20)26/h3-6,9-12,15,21,23H,2,7-8,13-14,16-18H2,1H3,(H,27,30). The minimum absolute atomic E-state index is 0.0470. The van der Waals surface area contributed by atoms with E-state index in [1.165, 1.54) is 6.07 Å². The topological polar surface area (TPSA) is 49.4 Å². The summed E-state index contributed by atoms with van der Waals surface area (Å²) in [5, 5.41) is 3.13. The third-order valence-corrected chi connectivity index (χ3v) is 5.87. The van der Waals surface area contributed by atoms with Crippen LogP contribution < -0.4 is 5.32 Å². The molecule has 0 aromatic heterocycles. The van der Waals surface area contributed by atoms with Gasteiger partial charge in [0.25, 0.3) is 0 Å². The molecule has 0 saturated heterocycles. The maximum atomic E-state index is 14.1. The average molecular weight is 411 g/mol. The van der Waals surface area contributed by atoms with Crippen molar-refractivity contribution in [1.82, 2.24) is 10.2 Å². The van der Waals surface area contributed by atoms with Crippen molar-refractivity contribution in [3.8, 4) is 0 Å². The van der Waals surface area contributed by atoms with Gasteiger partial charge in [-0.2, -0.15) is 0 Å². The van der Waals surface area contributed by atoms with Crippen molar-refractivity contribution >= 4 is 11.8 Å². The second kappa shape index (κ2) is 10.9. The Balaban J connectivity index is 1.76. The molecule has 1 N–H and O–H groups in total. The highest BCUT2D eigenvalue weighted by molar-refractivity contribution is 5.88. The number of carbonyl (C=O) groups excluding carboxylic acids is 2. The van der Waals surface area contributed by atoms with Crippen LogP contribution in [0, 0.1) is 5.82 Å². The molecule has 30 heavy (non-hydrogen) atoms. The van der Waals surface area contributed by atoms with E-state index < -0.39 is 11.9 Å². The van der Waals surface area contributed by atoms with Crippen LogP contribution in [0.3, 0.4) is 0 Å². The molecule has 2 aromatic carbocycles. The first kappa shape index (κ1) is 22.0.